The number of halogens is 1. The highest BCUT2D eigenvalue weighted by Gasteiger charge is 2.29. The van der Waals surface area contributed by atoms with E-state index >= 15 is 0 Å². The maximum absolute atomic E-state index is 12.7. The standard InChI is InChI=1S/C13H17BrN4O2S/c1-3-18(10-9-11-7-5-4-6-8-11)21(19,20)13-12(14)15-16-17(13)2/h4-8H,3,9-10H2,1-2H3. The Bertz CT molecular complexity index is 681. The summed E-state index contributed by atoms with van der Waals surface area (Å²) in [7, 11) is -2.05. The molecule has 0 spiro atoms. The maximum Gasteiger partial charge on any atom is 0.263 e. The van der Waals surface area contributed by atoms with E-state index < -0.39 is 10.0 Å². The van der Waals surface area contributed by atoms with Gasteiger partial charge in [0.25, 0.3) is 10.0 Å². The molecule has 0 bridgehead atoms. The minimum Gasteiger partial charge on any atom is -0.235 e. The van der Waals surface area contributed by atoms with Crippen molar-refractivity contribution in [1.82, 2.24) is 19.3 Å². The number of aryl methyl sites for hydroxylation is 1. The fourth-order valence-corrected chi connectivity index (χ4v) is 4.55. The Balaban J connectivity index is 2.21. The van der Waals surface area contributed by atoms with Gasteiger partial charge >= 0.3 is 0 Å². The van der Waals surface area contributed by atoms with Crippen LogP contribution < -0.4 is 0 Å². The topological polar surface area (TPSA) is 68.1 Å². The van der Waals surface area contributed by atoms with Crippen LogP contribution in [0.3, 0.4) is 0 Å². The SMILES string of the molecule is CCN(CCc1ccccc1)S(=O)(=O)c1c(Br)nnn1C. The van der Waals surface area contributed by atoms with Crippen LogP contribution in [0.25, 0.3) is 0 Å². The summed E-state index contributed by atoms with van der Waals surface area (Å²) in [6.45, 7) is 2.63. The number of nitrogens with zero attached hydrogens (tertiary/aromatic N) is 4. The Kier molecular flexibility index (Phi) is 5.13. The molecule has 1 heterocycles. The van der Waals surface area contributed by atoms with Crippen molar-refractivity contribution in [2.24, 2.45) is 7.05 Å². The lowest BCUT2D eigenvalue weighted by Gasteiger charge is -2.20. The van der Waals surface area contributed by atoms with Crippen LogP contribution in [-0.2, 0) is 23.5 Å². The van der Waals surface area contributed by atoms with Crippen LogP contribution in [0.5, 0.6) is 0 Å². The zero-order chi connectivity index (χ0) is 15.5. The highest BCUT2D eigenvalue weighted by molar-refractivity contribution is 9.10. The minimum atomic E-state index is -3.61. The molecule has 0 aliphatic heterocycles. The van der Waals surface area contributed by atoms with Gasteiger partial charge in [0.2, 0.25) is 5.03 Å². The second kappa shape index (κ2) is 6.67. The van der Waals surface area contributed by atoms with Gasteiger partial charge in [-0.05, 0) is 27.9 Å². The summed E-state index contributed by atoms with van der Waals surface area (Å²) in [6, 6.07) is 9.81. The lowest BCUT2D eigenvalue weighted by molar-refractivity contribution is 0.424. The fourth-order valence-electron chi connectivity index (χ4n) is 2.07. The largest absolute Gasteiger partial charge is 0.263 e. The summed E-state index contributed by atoms with van der Waals surface area (Å²) in [4.78, 5) is 0. The first-order valence-electron chi connectivity index (χ1n) is 6.56. The first-order valence-corrected chi connectivity index (χ1v) is 8.79. The Morgan fingerprint density at radius 2 is 1.95 bits per heavy atom. The van der Waals surface area contributed by atoms with Gasteiger partial charge in [-0.1, -0.05) is 42.5 Å². The molecule has 0 saturated carbocycles. The molecule has 0 saturated heterocycles. The number of hydrogen-bond acceptors (Lipinski definition) is 4. The molecule has 0 N–H and O–H groups in total. The average Bonchev–Trinajstić information content (AvgIpc) is 2.80. The van der Waals surface area contributed by atoms with Crippen molar-refractivity contribution < 1.29 is 8.42 Å². The van der Waals surface area contributed by atoms with Crippen LogP contribution >= 0.6 is 15.9 Å². The molecule has 0 aliphatic carbocycles. The second-order valence-corrected chi connectivity index (χ2v) is 7.15. The van der Waals surface area contributed by atoms with E-state index in [1.165, 1.54) is 8.99 Å². The molecule has 1 aromatic carbocycles. The van der Waals surface area contributed by atoms with Crippen LogP contribution in [0, 0.1) is 0 Å². The number of hydrogen-bond donors (Lipinski definition) is 0. The molecule has 2 aromatic rings. The number of likely N-dealkylation sites (N-methyl/N-ethyl adjacent to an activating group) is 1. The van der Waals surface area contributed by atoms with Crippen molar-refractivity contribution in [3.63, 3.8) is 0 Å². The molecule has 0 unspecified atom stereocenters. The molecular formula is C13H17BrN4O2S. The maximum atomic E-state index is 12.7. The molecular weight excluding hydrogens is 356 g/mol. The molecule has 0 atom stereocenters. The van der Waals surface area contributed by atoms with Gasteiger partial charge in [0.05, 0.1) is 0 Å². The van der Waals surface area contributed by atoms with Crippen LogP contribution in [0.2, 0.25) is 0 Å². The third kappa shape index (κ3) is 3.50. The van der Waals surface area contributed by atoms with E-state index in [1.54, 1.807) is 7.05 Å². The fraction of sp³-hybridized carbons (Fsp3) is 0.385. The number of benzene rings is 1. The van der Waals surface area contributed by atoms with Crippen molar-refractivity contribution in [2.75, 3.05) is 13.1 Å². The lowest BCUT2D eigenvalue weighted by atomic mass is 10.1. The monoisotopic (exact) mass is 372 g/mol. The van der Waals surface area contributed by atoms with E-state index in [2.05, 4.69) is 26.2 Å². The average molecular weight is 373 g/mol. The number of rotatable bonds is 6. The van der Waals surface area contributed by atoms with Gasteiger partial charge in [0.1, 0.15) is 0 Å². The summed E-state index contributed by atoms with van der Waals surface area (Å²) in [5, 5.41) is 7.55. The molecule has 6 nitrogen and oxygen atoms in total. The summed E-state index contributed by atoms with van der Waals surface area (Å²) < 4.78 is 28.3. The molecule has 0 fully saturated rings. The highest BCUT2D eigenvalue weighted by Crippen LogP contribution is 2.22. The van der Waals surface area contributed by atoms with E-state index in [0.29, 0.717) is 19.5 Å². The van der Waals surface area contributed by atoms with E-state index in [1.807, 2.05) is 37.3 Å². The van der Waals surface area contributed by atoms with E-state index in [4.69, 9.17) is 0 Å². The summed E-state index contributed by atoms with van der Waals surface area (Å²) in [5.74, 6) is 0. The van der Waals surface area contributed by atoms with Crippen LogP contribution in [0.15, 0.2) is 40.0 Å². The van der Waals surface area contributed by atoms with E-state index in [9.17, 15) is 8.42 Å². The predicted molar refractivity (Wildman–Crippen MR) is 83.3 cm³/mol. The summed E-state index contributed by atoms with van der Waals surface area (Å²) in [5.41, 5.74) is 1.10. The molecule has 0 aliphatic rings. The zero-order valence-corrected chi connectivity index (χ0v) is 14.3. The Labute approximate surface area is 132 Å². The van der Waals surface area contributed by atoms with Gasteiger partial charge in [-0.2, -0.15) is 4.31 Å². The van der Waals surface area contributed by atoms with Gasteiger partial charge in [-0.25, -0.2) is 13.1 Å². The van der Waals surface area contributed by atoms with Crippen molar-refractivity contribution in [3.05, 3.63) is 40.5 Å². The van der Waals surface area contributed by atoms with Crippen LogP contribution in [0.1, 0.15) is 12.5 Å². The number of aromatic nitrogens is 3. The predicted octanol–water partition coefficient (Wildman–Crippen LogP) is 1.83. The molecule has 0 radical (unpaired) electrons. The summed E-state index contributed by atoms with van der Waals surface area (Å²) >= 11 is 3.15. The van der Waals surface area contributed by atoms with Crippen LogP contribution in [0.4, 0.5) is 0 Å². The molecule has 8 heteroatoms. The normalized spacial score (nSPS) is 12.0. The van der Waals surface area contributed by atoms with Crippen molar-refractivity contribution >= 4 is 26.0 Å². The van der Waals surface area contributed by atoms with Gasteiger partial charge in [0, 0.05) is 20.1 Å². The zero-order valence-electron chi connectivity index (χ0n) is 11.9. The van der Waals surface area contributed by atoms with Gasteiger partial charge in [-0.15, -0.1) is 5.10 Å². The summed E-state index contributed by atoms with van der Waals surface area (Å²) in [6.07, 6.45) is 0.664. The first-order chi connectivity index (χ1) is 9.96. The van der Waals surface area contributed by atoms with Crippen molar-refractivity contribution in [1.29, 1.82) is 0 Å². The lowest BCUT2D eigenvalue weighted by Crippen LogP contribution is -2.34. The molecule has 0 amide bonds. The minimum absolute atomic E-state index is 0.0809. The highest BCUT2D eigenvalue weighted by atomic mass is 79.9. The van der Waals surface area contributed by atoms with E-state index in [0.717, 1.165) is 5.56 Å². The Morgan fingerprint density at radius 3 is 2.48 bits per heavy atom. The Morgan fingerprint density at radius 1 is 1.29 bits per heavy atom. The third-order valence-electron chi connectivity index (χ3n) is 3.17. The molecule has 2 rings (SSSR count). The van der Waals surface area contributed by atoms with Gasteiger partial charge in [-0.3, -0.25) is 0 Å². The van der Waals surface area contributed by atoms with Gasteiger partial charge < -0.3 is 0 Å². The second-order valence-electron chi connectivity index (χ2n) is 4.54. The quantitative estimate of drug-likeness (QED) is 0.775. The smallest absolute Gasteiger partial charge is 0.235 e. The molecule has 21 heavy (non-hydrogen) atoms. The Hall–Kier alpha value is -1.25. The van der Waals surface area contributed by atoms with E-state index in [-0.39, 0.29) is 9.63 Å². The van der Waals surface area contributed by atoms with Crippen LogP contribution in [-0.4, -0.2) is 40.8 Å². The number of sulfonamides is 1. The molecule has 114 valence electrons. The third-order valence-corrected chi connectivity index (χ3v) is 6.03. The van der Waals surface area contributed by atoms with Crippen molar-refractivity contribution in [2.45, 2.75) is 18.4 Å². The molecule has 1 aromatic heterocycles. The van der Waals surface area contributed by atoms with Crippen molar-refractivity contribution in [3.8, 4) is 0 Å². The first kappa shape index (κ1) is 16.1. The van der Waals surface area contributed by atoms with Gasteiger partial charge in [0.15, 0.2) is 4.60 Å².